The Balaban J connectivity index is 3.19. The van der Waals surface area contributed by atoms with Crippen LogP contribution in [0.2, 0.25) is 0 Å². The average molecular weight is 249 g/mol. The number of carbonyl (C=O) groups excluding carboxylic acids is 1. The van der Waals surface area contributed by atoms with Crippen LogP contribution in [0.15, 0.2) is 0 Å². The number of nitrogens with one attached hydrogen (secondary N) is 1. The normalized spacial score (nSPS) is 9.20. The Kier molecular flexibility index (Phi) is 11.4. The molecule has 0 spiro atoms. The highest BCUT2D eigenvalue weighted by atomic mass is 33.1. The molecule has 0 unspecified atom stereocenters. The first-order valence-electron chi connectivity index (χ1n) is 4.39. The number of hydrogen-bond acceptors (Lipinski definition) is 5. The van der Waals surface area contributed by atoms with E-state index in [4.69, 9.17) is 9.47 Å². The molecule has 6 heteroatoms. The zero-order valence-electron chi connectivity index (χ0n) is 8.62. The first-order chi connectivity index (χ1) is 7.31. The summed E-state index contributed by atoms with van der Waals surface area (Å²) in [6.45, 7) is 3.00. The summed E-state index contributed by atoms with van der Waals surface area (Å²) < 4.78 is 10.1. The van der Waals surface area contributed by atoms with E-state index in [0.717, 1.165) is 0 Å². The first-order valence-corrected chi connectivity index (χ1v) is 6.43. The zero-order valence-corrected chi connectivity index (χ0v) is 10.3. The van der Waals surface area contributed by atoms with Crippen molar-refractivity contribution in [3.63, 3.8) is 0 Å². The fraction of sp³-hybridized carbons (Fsp3) is 0.667. The molecule has 0 atom stereocenters. The van der Waals surface area contributed by atoms with E-state index in [-0.39, 0.29) is 12.5 Å². The van der Waals surface area contributed by atoms with Crippen LogP contribution in [-0.4, -0.2) is 38.2 Å². The van der Waals surface area contributed by atoms with Crippen molar-refractivity contribution in [1.82, 2.24) is 5.32 Å². The summed E-state index contributed by atoms with van der Waals surface area (Å²) in [7, 11) is 1.30. The molecule has 0 aromatic heterocycles. The number of hydrogen-bond donors (Lipinski definition) is 2. The van der Waals surface area contributed by atoms with Crippen molar-refractivity contribution < 1.29 is 14.3 Å². The van der Waals surface area contributed by atoms with Gasteiger partial charge in [0.2, 0.25) is 5.91 Å². The second-order valence-corrected chi connectivity index (χ2v) is 3.68. The second-order valence-electron chi connectivity index (χ2n) is 2.41. The average Bonchev–Trinajstić information content (AvgIpc) is 2.23. The van der Waals surface area contributed by atoms with Crippen LogP contribution in [0.1, 0.15) is 6.92 Å². The van der Waals surface area contributed by atoms with E-state index in [2.05, 4.69) is 28.8 Å². The molecule has 15 heavy (non-hydrogen) atoms. The Morgan fingerprint density at radius 3 is 2.87 bits per heavy atom. The van der Waals surface area contributed by atoms with Crippen LogP contribution in [-0.2, 0) is 14.3 Å². The molecule has 0 aliphatic rings. The zero-order chi connectivity index (χ0) is 11.4. The molecule has 0 aromatic carbocycles. The molecular formula is C9H15NO3S2. The van der Waals surface area contributed by atoms with Crippen molar-refractivity contribution in [2.75, 3.05) is 32.3 Å². The lowest BCUT2D eigenvalue weighted by molar-refractivity contribution is -0.125. The van der Waals surface area contributed by atoms with Crippen molar-refractivity contribution in [2.45, 2.75) is 6.92 Å². The topological polar surface area (TPSA) is 47.6 Å². The Hall–Kier alpha value is -0.350. The van der Waals surface area contributed by atoms with Crippen LogP contribution in [0, 0.1) is 11.8 Å². The minimum absolute atomic E-state index is 0.0444. The van der Waals surface area contributed by atoms with Gasteiger partial charge in [0.05, 0.1) is 19.8 Å². The molecule has 0 fully saturated rings. The molecule has 0 bridgehead atoms. The minimum Gasteiger partial charge on any atom is -0.369 e. The molecule has 1 amide bonds. The van der Waals surface area contributed by atoms with Crippen LogP contribution in [0.5, 0.6) is 0 Å². The summed E-state index contributed by atoms with van der Waals surface area (Å²) in [5.74, 6) is 5.76. The molecule has 0 rings (SSSR count). The fourth-order valence-electron chi connectivity index (χ4n) is 0.661. The van der Waals surface area contributed by atoms with Crippen LogP contribution in [0.3, 0.4) is 0 Å². The number of thiol groups is 1. The Morgan fingerprint density at radius 1 is 1.47 bits per heavy atom. The van der Waals surface area contributed by atoms with Crippen LogP contribution < -0.4 is 5.32 Å². The van der Waals surface area contributed by atoms with E-state index in [1.54, 1.807) is 6.92 Å². The van der Waals surface area contributed by atoms with Crippen LogP contribution >= 0.6 is 22.5 Å². The third-order valence-electron chi connectivity index (χ3n) is 1.29. The Bertz CT molecular complexity index is 225. The summed E-state index contributed by atoms with van der Waals surface area (Å²) in [4.78, 5) is 11.0. The summed E-state index contributed by atoms with van der Waals surface area (Å²) in [5, 5.41) is 2.59. The maximum atomic E-state index is 11.0. The predicted molar refractivity (Wildman–Crippen MR) is 64.7 cm³/mol. The van der Waals surface area contributed by atoms with E-state index in [0.29, 0.717) is 25.7 Å². The van der Waals surface area contributed by atoms with E-state index in [9.17, 15) is 4.79 Å². The molecule has 0 saturated carbocycles. The van der Waals surface area contributed by atoms with Gasteiger partial charge in [-0.05, 0) is 6.92 Å². The van der Waals surface area contributed by atoms with E-state index in [1.807, 2.05) is 0 Å². The van der Waals surface area contributed by atoms with Crippen LogP contribution in [0.4, 0.5) is 0 Å². The smallest absolute Gasteiger partial charge is 0.246 e. The number of amides is 1. The standard InChI is InChI=1S/C9H15NO3S2/c1-2-3-4-10-9(11)7-12-5-6-13-8-15-14/h14H,4-8H2,1H3,(H,10,11). The lowest BCUT2D eigenvalue weighted by Crippen LogP contribution is -2.28. The van der Waals surface area contributed by atoms with Crippen molar-refractivity contribution in [1.29, 1.82) is 0 Å². The molecule has 0 heterocycles. The summed E-state index contributed by atoms with van der Waals surface area (Å²) in [6, 6.07) is 0. The van der Waals surface area contributed by atoms with Gasteiger partial charge in [0.1, 0.15) is 12.5 Å². The summed E-state index contributed by atoms with van der Waals surface area (Å²) in [6.07, 6.45) is 0. The van der Waals surface area contributed by atoms with Crippen molar-refractivity contribution in [3.8, 4) is 11.8 Å². The molecule has 86 valence electrons. The Labute approximate surface area is 99.3 Å². The van der Waals surface area contributed by atoms with Gasteiger partial charge in [0, 0.05) is 0 Å². The predicted octanol–water partition coefficient (Wildman–Crippen LogP) is 0.695. The lowest BCUT2D eigenvalue weighted by Gasteiger charge is -2.04. The molecule has 0 radical (unpaired) electrons. The minimum atomic E-state index is -0.165. The monoisotopic (exact) mass is 249 g/mol. The second kappa shape index (κ2) is 11.7. The molecular weight excluding hydrogens is 234 g/mol. The third-order valence-corrected chi connectivity index (χ3v) is 1.88. The van der Waals surface area contributed by atoms with E-state index < -0.39 is 0 Å². The Morgan fingerprint density at radius 2 is 2.20 bits per heavy atom. The lowest BCUT2D eigenvalue weighted by atomic mass is 10.5. The molecule has 1 N–H and O–H groups in total. The van der Waals surface area contributed by atoms with Gasteiger partial charge in [-0.15, -0.1) is 17.6 Å². The molecule has 0 saturated heterocycles. The van der Waals surface area contributed by atoms with Gasteiger partial charge >= 0.3 is 0 Å². The van der Waals surface area contributed by atoms with Crippen molar-refractivity contribution >= 4 is 28.4 Å². The highest BCUT2D eigenvalue weighted by Gasteiger charge is 1.98. The third kappa shape index (κ3) is 11.6. The quantitative estimate of drug-likeness (QED) is 0.218. The summed E-state index contributed by atoms with van der Waals surface area (Å²) in [5.41, 5.74) is 0. The van der Waals surface area contributed by atoms with Crippen molar-refractivity contribution in [3.05, 3.63) is 0 Å². The molecule has 0 aliphatic carbocycles. The van der Waals surface area contributed by atoms with Gasteiger partial charge in [-0.1, -0.05) is 16.7 Å². The SMILES string of the molecule is CC#CCNC(=O)COCCOCSS. The molecule has 4 nitrogen and oxygen atoms in total. The van der Waals surface area contributed by atoms with Crippen molar-refractivity contribution in [2.24, 2.45) is 0 Å². The van der Waals surface area contributed by atoms with Gasteiger partial charge in [-0.25, -0.2) is 0 Å². The van der Waals surface area contributed by atoms with Gasteiger partial charge in [-0.2, -0.15) is 0 Å². The maximum Gasteiger partial charge on any atom is 0.246 e. The number of rotatable bonds is 8. The highest BCUT2D eigenvalue weighted by Crippen LogP contribution is 2.03. The van der Waals surface area contributed by atoms with E-state index in [1.165, 1.54) is 10.8 Å². The number of carbonyl (C=O) groups is 1. The fourth-order valence-corrected chi connectivity index (χ4v) is 1.08. The maximum absolute atomic E-state index is 11.0. The van der Waals surface area contributed by atoms with Gasteiger partial charge < -0.3 is 14.8 Å². The summed E-state index contributed by atoms with van der Waals surface area (Å²) >= 11 is 3.90. The molecule has 0 aliphatic heterocycles. The largest absolute Gasteiger partial charge is 0.369 e. The molecule has 0 aromatic rings. The van der Waals surface area contributed by atoms with Crippen LogP contribution in [0.25, 0.3) is 0 Å². The van der Waals surface area contributed by atoms with E-state index >= 15 is 0 Å². The van der Waals surface area contributed by atoms with Gasteiger partial charge in [0.25, 0.3) is 0 Å². The number of ether oxygens (including phenoxy) is 2. The van der Waals surface area contributed by atoms with Gasteiger partial charge in [0.15, 0.2) is 0 Å². The highest BCUT2D eigenvalue weighted by molar-refractivity contribution is 8.68. The van der Waals surface area contributed by atoms with Gasteiger partial charge in [-0.3, -0.25) is 4.79 Å². The first kappa shape index (κ1) is 14.6.